The number of ether oxygens (including phenoxy) is 1. The number of amides is 1. The predicted octanol–water partition coefficient (Wildman–Crippen LogP) is 4.08. The number of rotatable bonds is 8. The first kappa shape index (κ1) is 20.5. The smallest absolute Gasteiger partial charge is 0.233 e. The molecule has 4 rings (SSSR count). The van der Waals surface area contributed by atoms with Gasteiger partial charge in [0.1, 0.15) is 5.75 Å². The van der Waals surface area contributed by atoms with Crippen LogP contribution in [0.15, 0.2) is 53.7 Å². The molecule has 1 aliphatic carbocycles. The molecule has 2 aromatic carbocycles. The fourth-order valence-corrected chi connectivity index (χ4v) is 4.22. The summed E-state index contributed by atoms with van der Waals surface area (Å²) < 4.78 is 7.18. The zero-order valence-corrected chi connectivity index (χ0v) is 18.4. The van der Waals surface area contributed by atoms with Gasteiger partial charge < -0.3 is 14.2 Å². The summed E-state index contributed by atoms with van der Waals surface area (Å²) in [6, 6.07) is 16.5. The highest BCUT2D eigenvalue weighted by molar-refractivity contribution is 7.99. The van der Waals surface area contributed by atoms with E-state index in [-0.39, 0.29) is 5.91 Å². The third-order valence-corrected chi connectivity index (χ3v) is 6.26. The highest BCUT2D eigenvalue weighted by Crippen LogP contribution is 2.30. The van der Waals surface area contributed by atoms with Crippen molar-refractivity contribution in [2.24, 2.45) is 7.05 Å². The molecule has 30 heavy (non-hydrogen) atoms. The number of aromatic nitrogens is 3. The number of nitrogens with zero attached hydrogens (tertiary/aromatic N) is 4. The second-order valence-corrected chi connectivity index (χ2v) is 8.57. The summed E-state index contributed by atoms with van der Waals surface area (Å²) in [6.07, 6.45) is 2.15. The molecule has 0 atom stereocenters. The van der Waals surface area contributed by atoms with Crippen LogP contribution in [0, 0.1) is 6.92 Å². The van der Waals surface area contributed by atoms with Crippen LogP contribution in [0.3, 0.4) is 0 Å². The minimum Gasteiger partial charge on any atom is -0.497 e. The third kappa shape index (κ3) is 4.67. The molecule has 6 nitrogen and oxygen atoms in total. The Hall–Kier alpha value is -2.80. The van der Waals surface area contributed by atoms with Gasteiger partial charge in [-0.3, -0.25) is 4.79 Å². The van der Waals surface area contributed by atoms with Crippen LogP contribution in [0.4, 0.5) is 0 Å². The molecule has 7 heteroatoms. The zero-order valence-electron chi connectivity index (χ0n) is 17.5. The number of benzene rings is 2. The first-order valence-corrected chi connectivity index (χ1v) is 11.1. The SMILES string of the molecule is COc1ccc(CN(C(=O)CSc2nnc(-c3cccc(C)c3)n2C)C2CC2)cc1. The summed E-state index contributed by atoms with van der Waals surface area (Å²) in [5.41, 5.74) is 3.32. The number of carbonyl (C=O) groups excluding carboxylic acids is 1. The minimum atomic E-state index is 0.137. The van der Waals surface area contributed by atoms with Gasteiger partial charge in [0.15, 0.2) is 11.0 Å². The Labute approximate surface area is 181 Å². The monoisotopic (exact) mass is 422 g/mol. The number of hydrogen-bond acceptors (Lipinski definition) is 5. The molecule has 1 fully saturated rings. The van der Waals surface area contributed by atoms with E-state index in [1.165, 1.54) is 17.3 Å². The maximum absolute atomic E-state index is 13.0. The first-order chi connectivity index (χ1) is 14.5. The van der Waals surface area contributed by atoms with Gasteiger partial charge in [0.2, 0.25) is 5.91 Å². The molecule has 0 N–H and O–H groups in total. The van der Waals surface area contributed by atoms with Crippen LogP contribution in [-0.4, -0.2) is 44.5 Å². The quantitative estimate of drug-likeness (QED) is 0.512. The maximum atomic E-state index is 13.0. The van der Waals surface area contributed by atoms with Crippen molar-refractivity contribution in [3.05, 3.63) is 59.7 Å². The summed E-state index contributed by atoms with van der Waals surface area (Å²) in [7, 11) is 3.60. The summed E-state index contributed by atoms with van der Waals surface area (Å²) in [5, 5.41) is 9.39. The fraction of sp³-hybridized carbons (Fsp3) is 0.348. The molecule has 3 aromatic rings. The Balaban J connectivity index is 1.41. The van der Waals surface area contributed by atoms with Gasteiger partial charge in [-0.05, 0) is 43.5 Å². The highest BCUT2D eigenvalue weighted by Gasteiger charge is 2.32. The molecule has 156 valence electrons. The van der Waals surface area contributed by atoms with Crippen LogP contribution < -0.4 is 4.74 Å². The lowest BCUT2D eigenvalue weighted by Crippen LogP contribution is -2.34. The first-order valence-electron chi connectivity index (χ1n) is 10.1. The standard InChI is InChI=1S/C23H26N4O2S/c1-16-5-4-6-18(13-16)22-24-25-23(26(22)2)30-15-21(28)27(19-9-10-19)14-17-7-11-20(29-3)12-8-17/h4-8,11-13,19H,9-10,14-15H2,1-3H3. The van der Waals surface area contributed by atoms with E-state index >= 15 is 0 Å². The van der Waals surface area contributed by atoms with Crippen LogP contribution in [-0.2, 0) is 18.4 Å². The van der Waals surface area contributed by atoms with E-state index in [1.807, 2.05) is 52.9 Å². The summed E-state index contributed by atoms with van der Waals surface area (Å²) in [5.74, 6) is 2.13. The average molecular weight is 423 g/mol. The summed E-state index contributed by atoms with van der Waals surface area (Å²) in [6.45, 7) is 2.69. The van der Waals surface area contributed by atoms with E-state index in [0.29, 0.717) is 18.3 Å². The molecule has 1 aliphatic rings. The molecular weight excluding hydrogens is 396 g/mol. The summed E-state index contributed by atoms with van der Waals surface area (Å²) >= 11 is 1.44. The Morgan fingerprint density at radius 3 is 2.63 bits per heavy atom. The maximum Gasteiger partial charge on any atom is 0.233 e. The number of aryl methyl sites for hydroxylation is 1. The lowest BCUT2D eigenvalue weighted by Gasteiger charge is -2.22. The molecular formula is C23H26N4O2S. The van der Waals surface area contributed by atoms with Crippen LogP contribution in [0.1, 0.15) is 24.0 Å². The van der Waals surface area contributed by atoms with Crippen molar-refractivity contribution in [1.82, 2.24) is 19.7 Å². The second kappa shape index (κ2) is 8.92. The molecule has 0 radical (unpaired) electrons. The van der Waals surface area contributed by atoms with Crippen molar-refractivity contribution in [1.29, 1.82) is 0 Å². The van der Waals surface area contributed by atoms with Gasteiger partial charge in [-0.25, -0.2) is 0 Å². The summed E-state index contributed by atoms with van der Waals surface area (Å²) in [4.78, 5) is 15.0. The van der Waals surface area contributed by atoms with Crippen LogP contribution in [0.2, 0.25) is 0 Å². The molecule has 0 aliphatic heterocycles. The molecule has 1 aromatic heterocycles. The van der Waals surface area contributed by atoms with E-state index in [0.717, 1.165) is 40.7 Å². The Morgan fingerprint density at radius 1 is 1.20 bits per heavy atom. The van der Waals surface area contributed by atoms with Crippen molar-refractivity contribution in [2.45, 2.75) is 37.5 Å². The van der Waals surface area contributed by atoms with Gasteiger partial charge in [-0.15, -0.1) is 10.2 Å². The normalized spacial score (nSPS) is 13.3. The third-order valence-electron chi connectivity index (χ3n) is 5.26. The number of carbonyl (C=O) groups is 1. The van der Waals surface area contributed by atoms with Gasteiger partial charge in [0.25, 0.3) is 0 Å². The zero-order chi connectivity index (χ0) is 21.1. The van der Waals surface area contributed by atoms with Crippen molar-refractivity contribution in [3.8, 4) is 17.1 Å². The Kier molecular flexibility index (Phi) is 6.08. The van der Waals surface area contributed by atoms with Gasteiger partial charge in [0.05, 0.1) is 12.9 Å². The minimum absolute atomic E-state index is 0.137. The van der Waals surface area contributed by atoms with E-state index < -0.39 is 0 Å². The lowest BCUT2D eigenvalue weighted by molar-refractivity contribution is -0.129. The van der Waals surface area contributed by atoms with Crippen LogP contribution in [0.5, 0.6) is 5.75 Å². The number of hydrogen-bond donors (Lipinski definition) is 0. The highest BCUT2D eigenvalue weighted by atomic mass is 32.2. The molecule has 0 bridgehead atoms. The molecule has 0 spiro atoms. The van der Waals surface area contributed by atoms with Gasteiger partial charge in [0, 0.05) is 25.2 Å². The Bertz CT molecular complexity index is 1030. The van der Waals surface area contributed by atoms with E-state index in [2.05, 4.69) is 29.3 Å². The number of thioether (sulfide) groups is 1. The molecule has 0 unspecified atom stereocenters. The van der Waals surface area contributed by atoms with Gasteiger partial charge in [-0.1, -0.05) is 47.7 Å². The second-order valence-electron chi connectivity index (χ2n) is 7.62. The van der Waals surface area contributed by atoms with E-state index in [1.54, 1.807) is 7.11 Å². The molecule has 1 saturated carbocycles. The predicted molar refractivity (Wildman–Crippen MR) is 118 cm³/mol. The molecule has 1 amide bonds. The van der Waals surface area contributed by atoms with Crippen molar-refractivity contribution in [3.63, 3.8) is 0 Å². The van der Waals surface area contributed by atoms with Crippen molar-refractivity contribution >= 4 is 17.7 Å². The van der Waals surface area contributed by atoms with Crippen molar-refractivity contribution < 1.29 is 9.53 Å². The number of methoxy groups -OCH3 is 1. The van der Waals surface area contributed by atoms with Gasteiger partial charge in [-0.2, -0.15) is 0 Å². The van der Waals surface area contributed by atoms with Gasteiger partial charge >= 0.3 is 0 Å². The van der Waals surface area contributed by atoms with Crippen molar-refractivity contribution in [2.75, 3.05) is 12.9 Å². The Morgan fingerprint density at radius 2 is 1.97 bits per heavy atom. The van der Waals surface area contributed by atoms with Crippen LogP contribution in [0.25, 0.3) is 11.4 Å². The van der Waals surface area contributed by atoms with Crippen LogP contribution >= 0.6 is 11.8 Å². The largest absolute Gasteiger partial charge is 0.497 e. The average Bonchev–Trinajstić information content (AvgIpc) is 3.53. The van der Waals surface area contributed by atoms with E-state index in [4.69, 9.17) is 4.74 Å². The molecule has 1 heterocycles. The van der Waals surface area contributed by atoms with E-state index in [9.17, 15) is 4.79 Å². The lowest BCUT2D eigenvalue weighted by atomic mass is 10.1. The molecule has 0 saturated heterocycles. The topological polar surface area (TPSA) is 60.2 Å². The fourth-order valence-electron chi connectivity index (χ4n) is 3.42.